The monoisotopic (exact) mass is 582 g/mol. The van der Waals surface area contributed by atoms with E-state index in [9.17, 15) is 24.3 Å². The standard InChI is InChI=1S/C31H42N4O7/c1-31(2,3)42-29(39)25-15-10-16-35(25)19-26(36)23(17-21-11-6-4-7-12-21)33-28(38)24(18-27(32)37)34-30(40)41-20-22-13-8-5-9-14-22/h4-9,11-14,23-26,36H,10,15-20H2,1-3H3,(H2,32,37)(H,33,38)(H,34,40)/t23-,24-,25-,26?/m0/s1. The number of aliphatic hydroxyl groups is 1. The Morgan fingerprint density at radius 2 is 1.62 bits per heavy atom. The number of carbonyl (C=O) groups excluding carboxylic acids is 4. The molecule has 0 saturated carbocycles. The fraction of sp³-hybridized carbons (Fsp3) is 0.484. The number of β-amino-alcohol motifs (C(OH)–C–C–N with tert-alkyl or cyclic N) is 1. The van der Waals surface area contributed by atoms with Crippen molar-refractivity contribution < 1.29 is 33.8 Å². The number of nitrogens with zero attached hydrogens (tertiary/aromatic N) is 1. The molecule has 1 saturated heterocycles. The van der Waals surface area contributed by atoms with E-state index in [0.29, 0.717) is 13.0 Å². The fourth-order valence-electron chi connectivity index (χ4n) is 4.80. The Morgan fingerprint density at radius 3 is 2.21 bits per heavy atom. The second-order valence-corrected chi connectivity index (χ2v) is 11.5. The molecular weight excluding hydrogens is 540 g/mol. The van der Waals surface area contributed by atoms with Crippen LogP contribution in [0.15, 0.2) is 60.7 Å². The Bertz CT molecular complexity index is 1190. The van der Waals surface area contributed by atoms with E-state index < -0.39 is 54.2 Å². The molecule has 0 radical (unpaired) electrons. The number of esters is 1. The molecule has 0 aromatic heterocycles. The second-order valence-electron chi connectivity index (χ2n) is 11.5. The molecule has 228 valence electrons. The maximum Gasteiger partial charge on any atom is 0.408 e. The zero-order chi connectivity index (χ0) is 30.7. The average molecular weight is 583 g/mol. The SMILES string of the molecule is CC(C)(C)OC(=O)[C@@H]1CCCN1CC(O)[C@H](Cc1ccccc1)NC(=O)[C@H](CC(N)=O)NC(=O)OCc1ccccc1. The van der Waals surface area contributed by atoms with Crippen molar-refractivity contribution in [2.45, 2.75) is 82.9 Å². The van der Waals surface area contributed by atoms with E-state index in [1.807, 2.05) is 41.3 Å². The van der Waals surface area contributed by atoms with Crippen LogP contribution in [0.25, 0.3) is 0 Å². The Kier molecular flexibility index (Phi) is 11.9. The van der Waals surface area contributed by atoms with Crippen LogP contribution in [0.3, 0.4) is 0 Å². The smallest absolute Gasteiger partial charge is 0.408 e. The third-order valence-corrected chi connectivity index (χ3v) is 6.78. The third kappa shape index (κ3) is 10.8. The molecule has 11 heteroatoms. The summed E-state index contributed by atoms with van der Waals surface area (Å²) in [4.78, 5) is 52.3. The highest BCUT2D eigenvalue weighted by Crippen LogP contribution is 2.22. The lowest BCUT2D eigenvalue weighted by molar-refractivity contribution is -0.160. The zero-order valence-corrected chi connectivity index (χ0v) is 24.5. The summed E-state index contributed by atoms with van der Waals surface area (Å²) in [5.74, 6) is -1.85. The number of ether oxygens (including phenoxy) is 2. The summed E-state index contributed by atoms with van der Waals surface area (Å²) in [6.07, 6.45) is -0.808. The summed E-state index contributed by atoms with van der Waals surface area (Å²) in [5, 5.41) is 16.6. The number of aliphatic hydroxyl groups excluding tert-OH is 1. The molecule has 5 N–H and O–H groups in total. The number of carbonyl (C=O) groups is 4. The lowest BCUT2D eigenvalue weighted by atomic mass is 9.99. The first-order valence-corrected chi connectivity index (χ1v) is 14.2. The predicted octanol–water partition coefficient (Wildman–Crippen LogP) is 2.05. The average Bonchev–Trinajstić information content (AvgIpc) is 3.39. The van der Waals surface area contributed by atoms with Crippen molar-refractivity contribution in [1.29, 1.82) is 0 Å². The highest BCUT2D eigenvalue weighted by Gasteiger charge is 2.37. The van der Waals surface area contributed by atoms with Gasteiger partial charge >= 0.3 is 12.1 Å². The molecule has 3 amide bonds. The van der Waals surface area contributed by atoms with Gasteiger partial charge in [0.1, 0.15) is 24.3 Å². The quantitative estimate of drug-likeness (QED) is 0.261. The van der Waals surface area contributed by atoms with Crippen molar-refractivity contribution in [1.82, 2.24) is 15.5 Å². The number of benzene rings is 2. The number of nitrogens with one attached hydrogen (secondary N) is 2. The molecule has 2 aromatic rings. The number of primary amides is 1. The van der Waals surface area contributed by atoms with Gasteiger partial charge in [-0.25, -0.2) is 4.79 Å². The van der Waals surface area contributed by atoms with Gasteiger partial charge in [0.2, 0.25) is 11.8 Å². The number of alkyl carbamates (subject to hydrolysis) is 1. The van der Waals surface area contributed by atoms with Crippen LogP contribution in [0.2, 0.25) is 0 Å². The van der Waals surface area contributed by atoms with Gasteiger partial charge in [0.05, 0.1) is 18.6 Å². The van der Waals surface area contributed by atoms with Crippen molar-refractivity contribution in [2.24, 2.45) is 5.73 Å². The minimum absolute atomic E-state index is 0.0262. The van der Waals surface area contributed by atoms with Crippen LogP contribution in [-0.4, -0.2) is 76.8 Å². The van der Waals surface area contributed by atoms with Crippen molar-refractivity contribution in [3.05, 3.63) is 71.8 Å². The number of rotatable bonds is 13. The van der Waals surface area contributed by atoms with Gasteiger partial charge in [0, 0.05) is 6.54 Å². The number of hydrogen-bond donors (Lipinski definition) is 4. The highest BCUT2D eigenvalue weighted by atomic mass is 16.6. The maximum atomic E-state index is 13.4. The zero-order valence-electron chi connectivity index (χ0n) is 24.5. The minimum Gasteiger partial charge on any atom is -0.459 e. The van der Waals surface area contributed by atoms with E-state index in [-0.39, 0.29) is 25.5 Å². The van der Waals surface area contributed by atoms with Crippen LogP contribution in [0.5, 0.6) is 0 Å². The van der Waals surface area contributed by atoms with Crippen LogP contribution >= 0.6 is 0 Å². The van der Waals surface area contributed by atoms with E-state index >= 15 is 0 Å². The van der Waals surface area contributed by atoms with Gasteiger partial charge in [-0.3, -0.25) is 19.3 Å². The van der Waals surface area contributed by atoms with Crippen molar-refractivity contribution in [2.75, 3.05) is 13.1 Å². The topological polar surface area (TPSA) is 160 Å². The molecule has 1 aliphatic rings. The second kappa shape index (κ2) is 15.3. The van der Waals surface area contributed by atoms with E-state index in [4.69, 9.17) is 15.2 Å². The first-order valence-electron chi connectivity index (χ1n) is 14.2. The Hall–Kier alpha value is -3.96. The van der Waals surface area contributed by atoms with Gasteiger partial charge in [-0.15, -0.1) is 0 Å². The van der Waals surface area contributed by atoms with Crippen LogP contribution < -0.4 is 16.4 Å². The number of nitrogens with two attached hydrogens (primary N) is 1. The third-order valence-electron chi connectivity index (χ3n) is 6.78. The van der Waals surface area contributed by atoms with Crippen molar-refractivity contribution >= 4 is 23.9 Å². The van der Waals surface area contributed by atoms with Crippen LogP contribution in [-0.2, 0) is 36.9 Å². The van der Waals surface area contributed by atoms with E-state index in [1.165, 1.54) is 0 Å². The number of amides is 3. The van der Waals surface area contributed by atoms with Gasteiger partial charge in [-0.1, -0.05) is 60.7 Å². The first kappa shape index (κ1) is 32.6. The Morgan fingerprint density at radius 1 is 1.00 bits per heavy atom. The van der Waals surface area contributed by atoms with Crippen molar-refractivity contribution in [3.63, 3.8) is 0 Å². The molecule has 1 unspecified atom stereocenters. The van der Waals surface area contributed by atoms with E-state index in [2.05, 4.69) is 10.6 Å². The number of likely N-dealkylation sites (tertiary alicyclic amines) is 1. The molecule has 42 heavy (non-hydrogen) atoms. The first-order chi connectivity index (χ1) is 19.9. The lowest BCUT2D eigenvalue weighted by Crippen LogP contribution is -2.56. The molecule has 2 aromatic carbocycles. The van der Waals surface area contributed by atoms with E-state index in [0.717, 1.165) is 17.5 Å². The van der Waals surface area contributed by atoms with Gasteiger partial charge in [-0.2, -0.15) is 0 Å². The molecule has 11 nitrogen and oxygen atoms in total. The van der Waals surface area contributed by atoms with Crippen LogP contribution in [0.4, 0.5) is 4.79 Å². The normalized spacial score (nSPS) is 17.5. The molecule has 1 aliphatic heterocycles. The minimum atomic E-state index is -1.32. The van der Waals surface area contributed by atoms with Crippen LogP contribution in [0, 0.1) is 0 Å². The largest absolute Gasteiger partial charge is 0.459 e. The fourth-order valence-corrected chi connectivity index (χ4v) is 4.80. The summed E-state index contributed by atoms with van der Waals surface area (Å²) in [6, 6.07) is 15.7. The molecule has 0 spiro atoms. The molecule has 1 fully saturated rings. The summed E-state index contributed by atoms with van der Waals surface area (Å²) in [7, 11) is 0. The van der Waals surface area contributed by atoms with E-state index in [1.54, 1.807) is 45.0 Å². The summed E-state index contributed by atoms with van der Waals surface area (Å²) >= 11 is 0. The Labute approximate surface area is 246 Å². The maximum absolute atomic E-state index is 13.4. The molecule has 3 rings (SSSR count). The highest BCUT2D eigenvalue weighted by molar-refractivity contribution is 5.90. The van der Waals surface area contributed by atoms with Gasteiger partial charge < -0.3 is 30.9 Å². The summed E-state index contributed by atoms with van der Waals surface area (Å²) in [6.45, 7) is 6.08. The number of hydrogen-bond acceptors (Lipinski definition) is 8. The predicted molar refractivity (Wildman–Crippen MR) is 156 cm³/mol. The summed E-state index contributed by atoms with van der Waals surface area (Å²) < 4.78 is 10.8. The van der Waals surface area contributed by atoms with Gasteiger partial charge in [0.15, 0.2) is 0 Å². The van der Waals surface area contributed by atoms with Gasteiger partial charge in [-0.05, 0) is 57.7 Å². The van der Waals surface area contributed by atoms with Crippen LogP contribution in [0.1, 0.15) is 51.2 Å². The summed E-state index contributed by atoms with van der Waals surface area (Å²) in [5.41, 5.74) is 6.34. The lowest BCUT2D eigenvalue weighted by Gasteiger charge is -2.32. The Balaban J connectivity index is 1.71. The molecule has 0 bridgehead atoms. The molecular formula is C31H42N4O7. The molecule has 0 aliphatic carbocycles. The van der Waals surface area contributed by atoms with Crippen molar-refractivity contribution in [3.8, 4) is 0 Å². The molecule has 4 atom stereocenters. The van der Waals surface area contributed by atoms with Gasteiger partial charge in [0.25, 0.3) is 0 Å². The molecule has 1 heterocycles.